The minimum atomic E-state index is -1.33. The highest BCUT2D eigenvalue weighted by atomic mass is 32.1. The van der Waals surface area contributed by atoms with Gasteiger partial charge in [-0.05, 0) is 0 Å². The molecule has 0 aliphatic rings. The largest absolute Gasteiger partial charge is 0.478 e. The molecular formula is C6H4NO4S. The fourth-order valence-corrected chi connectivity index (χ4v) is 1.27. The van der Waals surface area contributed by atoms with Crippen LogP contribution in [-0.4, -0.2) is 22.5 Å². The van der Waals surface area contributed by atoms with Gasteiger partial charge in [-0.2, -0.15) is 0 Å². The van der Waals surface area contributed by atoms with Gasteiger partial charge in [0.25, 0.3) is 0 Å². The molecule has 1 aromatic heterocycles. The third kappa shape index (κ3) is 1.79. The second-order valence-corrected chi connectivity index (χ2v) is 2.72. The first kappa shape index (κ1) is 8.66. The van der Waals surface area contributed by atoms with E-state index in [0.717, 1.165) is 17.8 Å². The fourth-order valence-electron chi connectivity index (χ4n) is 0.619. The Kier molecular flexibility index (Phi) is 2.76. The Labute approximate surface area is 71.6 Å². The van der Waals surface area contributed by atoms with E-state index in [1.54, 1.807) is 5.38 Å². The molecule has 63 valence electrons. The highest BCUT2D eigenvalue weighted by molar-refractivity contribution is 7.09. The predicted octanol–water partition coefficient (Wildman–Crippen LogP) is 0.353. The number of rotatable bonds is 4. The van der Waals surface area contributed by atoms with Crippen molar-refractivity contribution in [1.29, 1.82) is 0 Å². The standard InChI is InChI=1S/C6H4NO4S/c8-3-11-4(6(9)10)5-7-1-2-12-5/h1-2,4H,(H,9,10). The average Bonchev–Trinajstić information content (AvgIpc) is 2.51. The Hall–Kier alpha value is -1.43. The van der Waals surface area contributed by atoms with Crippen LogP contribution in [0.4, 0.5) is 0 Å². The molecule has 5 nitrogen and oxygen atoms in total. The molecule has 1 N–H and O–H groups in total. The second-order valence-electron chi connectivity index (χ2n) is 1.79. The molecule has 0 aliphatic heterocycles. The summed E-state index contributed by atoms with van der Waals surface area (Å²) in [5.74, 6) is -1.26. The van der Waals surface area contributed by atoms with E-state index >= 15 is 0 Å². The summed E-state index contributed by atoms with van der Waals surface area (Å²) in [6, 6.07) is 0. The first-order valence-electron chi connectivity index (χ1n) is 2.90. The molecule has 0 saturated heterocycles. The molecule has 0 aromatic carbocycles. The average molecular weight is 186 g/mol. The zero-order valence-corrected chi connectivity index (χ0v) is 6.58. The molecule has 0 amide bonds. The number of hydrogen-bond donors (Lipinski definition) is 1. The maximum Gasteiger partial charge on any atom is 0.418 e. The first-order chi connectivity index (χ1) is 5.75. The van der Waals surface area contributed by atoms with Crippen molar-refractivity contribution < 1.29 is 19.4 Å². The van der Waals surface area contributed by atoms with Crippen molar-refractivity contribution in [3.63, 3.8) is 0 Å². The van der Waals surface area contributed by atoms with E-state index < -0.39 is 12.1 Å². The topological polar surface area (TPSA) is 76.5 Å². The van der Waals surface area contributed by atoms with Crippen molar-refractivity contribution in [2.45, 2.75) is 6.10 Å². The Bertz CT molecular complexity index is 271. The van der Waals surface area contributed by atoms with Gasteiger partial charge in [0.1, 0.15) is 5.01 Å². The number of ether oxygens (including phenoxy) is 1. The van der Waals surface area contributed by atoms with Crippen molar-refractivity contribution in [3.8, 4) is 0 Å². The quantitative estimate of drug-likeness (QED) is 0.734. The monoisotopic (exact) mass is 186 g/mol. The minimum absolute atomic E-state index is 0.228. The van der Waals surface area contributed by atoms with Gasteiger partial charge < -0.3 is 9.84 Å². The van der Waals surface area contributed by atoms with Gasteiger partial charge in [0, 0.05) is 11.6 Å². The van der Waals surface area contributed by atoms with Crippen LogP contribution in [0.3, 0.4) is 0 Å². The first-order valence-corrected chi connectivity index (χ1v) is 3.78. The van der Waals surface area contributed by atoms with Crippen LogP contribution in [-0.2, 0) is 14.3 Å². The summed E-state index contributed by atoms with van der Waals surface area (Å²) in [6.07, 6.45) is 0.104. The third-order valence-electron chi connectivity index (χ3n) is 1.07. The van der Waals surface area contributed by atoms with Gasteiger partial charge in [-0.15, -0.1) is 11.3 Å². The highest BCUT2D eigenvalue weighted by Gasteiger charge is 2.23. The van der Waals surface area contributed by atoms with Crippen LogP contribution in [0.15, 0.2) is 11.6 Å². The Balaban J connectivity index is 2.80. The molecular weight excluding hydrogens is 182 g/mol. The summed E-state index contributed by atoms with van der Waals surface area (Å²) in [6.45, 7) is 1.07. The Morgan fingerprint density at radius 1 is 1.83 bits per heavy atom. The fraction of sp³-hybridized carbons (Fsp3) is 0.167. The zero-order valence-electron chi connectivity index (χ0n) is 5.76. The van der Waals surface area contributed by atoms with Crippen molar-refractivity contribution in [2.24, 2.45) is 0 Å². The molecule has 0 aliphatic carbocycles. The van der Waals surface area contributed by atoms with E-state index in [1.807, 2.05) is 0 Å². The summed E-state index contributed by atoms with van der Waals surface area (Å²) in [5, 5.41) is 10.4. The minimum Gasteiger partial charge on any atom is -0.478 e. The second kappa shape index (κ2) is 3.82. The van der Waals surface area contributed by atoms with E-state index in [1.165, 1.54) is 6.20 Å². The van der Waals surface area contributed by atoms with Crippen LogP contribution in [0.2, 0.25) is 0 Å². The Morgan fingerprint density at radius 3 is 3.00 bits per heavy atom. The normalized spacial score (nSPS) is 12.0. The maximum absolute atomic E-state index is 10.5. The molecule has 0 spiro atoms. The van der Waals surface area contributed by atoms with Gasteiger partial charge in [0.05, 0.1) is 0 Å². The van der Waals surface area contributed by atoms with Crippen molar-refractivity contribution in [1.82, 2.24) is 4.98 Å². The molecule has 1 aromatic rings. The van der Waals surface area contributed by atoms with Crippen molar-refractivity contribution in [2.75, 3.05) is 0 Å². The molecule has 6 heteroatoms. The van der Waals surface area contributed by atoms with E-state index in [2.05, 4.69) is 9.72 Å². The van der Waals surface area contributed by atoms with Gasteiger partial charge >= 0.3 is 12.4 Å². The van der Waals surface area contributed by atoms with Crippen LogP contribution in [0.1, 0.15) is 11.1 Å². The number of aromatic nitrogens is 1. The van der Waals surface area contributed by atoms with Crippen LogP contribution < -0.4 is 0 Å². The molecule has 1 atom stereocenters. The molecule has 0 saturated carbocycles. The summed E-state index contributed by atoms with van der Waals surface area (Å²) >= 11 is 1.10. The van der Waals surface area contributed by atoms with Gasteiger partial charge in [-0.25, -0.2) is 14.6 Å². The van der Waals surface area contributed by atoms with E-state index in [-0.39, 0.29) is 5.01 Å². The molecule has 1 radical (unpaired) electrons. The lowest BCUT2D eigenvalue weighted by Gasteiger charge is -2.04. The SMILES string of the molecule is O=[C]OC(C(=O)O)c1nccs1. The third-order valence-corrected chi connectivity index (χ3v) is 1.88. The number of carboxylic acid groups (broad SMARTS) is 1. The van der Waals surface area contributed by atoms with Gasteiger partial charge in [0.15, 0.2) is 0 Å². The van der Waals surface area contributed by atoms with Gasteiger partial charge in [-0.3, -0.25) is 0 Å². The van der Waals surface area contributed by atoms with E-state index in [9.17, 15) is 9.59 Å². The predicted molar refractivity (Wildman–Crippen MR) is 39.3 cm³/mol. The lowest BCUT2D eigenvalue weighted by Crippen LogP contribution is -2.14. The number of nitrogens with zero attached hydrogens (tertiary/aromatic N) is 1. The van der Waals surface area contributed by atoms with Crippen molar-refractivity contribution >= 4 is 23.8 Å². The maximum atomic E-state index is 10.5. The summed E-state index contributed by atoms with van der Waals surface area (Å²) < 4.78 is 4.19. The summed E-state index contributed by atoms with van der Waals surface area (Å²) in [4.78, 5) is 23.9. The van der Waals surface area contributed by atoms with Crippen LogP contribution in [0, 0.1) is 0 Å². The molecule has 1 rings (SSSR count). The van der Waals surface area contributed by atoms with Gasteiger partial charge in [-0.1, -0.05) is 0 Å². The zero-order chi connectivity index (χ0) is 8.97. The smallest absolute Gasteiger partial charge is 0.418 e. The summed E-state index contributed by atoms with van der Waals surface area (Å²) in [7, 11) is 0. The number of hydrogen-bond acceptors (Lipinski definition) is 5. The number of aliphatic carboxylic acids is 1. The molecule has 1 unspecified atom stereocenters. The molecule has 12 heavy (non-hydrogen) atoms. The number of thiazole rings is 1. The Morgan fingerprint density at radius 2 is 2.58 bits per heavy atom. The lowest BCUT2D eigenvalue weighted by molar-refractivity contribution is -0.146. The summed E-state index contributed by atoms with van der Waals surface area (Å²) in [5.41, 5.74) is 0. The van der Waals surface area contributed by atoms with E-state index in [0.29, 0.717) is 0 Å². The molecule has 1 heterocycles. The van der Waals surface area contributed by atoms with E-state index in [4.69, 9.17) is 5.11 Å². The van der Waals surface area contributed by atoms with Crippen LogP contribution in [0.25, 0.3) is 0 Å². The highest BCUT2D eigenvalue weighted by Crippen LogP contribution is 2.18. The number of carboxylic acids is 1. The molecule has 0 fully saturated rings. The van der Waals surface area contributed by atoms with Crippen LogP contribution in [0.5, 0.6) is 0 Å². The van der Waals surface area contributed by atoms with Gasteiger partial charge in [0.2, 0.25) is 6.10 Å². The van der Waals surface area contributed by atoms with Crippen LogP contribution >= 0.6 is 11.3 Å². The lowest BCUT2D eigenvalue weighted by atomic mass is 10.4. The van der Waals surface area contributed by atoms with Crippen molar-refractivity contribution in [3.05, 3.63) is 16.6 Å². The molecule has 0 bridgehead atoms. The number of carbonyl (C=O) groups is 1. The number of carbonyl (C=O) groups excluding carboxylic acids is 1.